The van der Waals surface area contributed by atoms with Crippen LogP contribution in [0.5, 0.6) is 5.75 Å². The van der Waals surface area contributed by atoms with Gasteiger partial charge in [0.1, 0.15) is 11.5 Å². The Bertz CT molecular complexity index is 957. The number of rotatable bonds is 4. The highest BCUT2D eigenvalue weighted by molar-refractivity contribution is 6.18. The van der Waals surface area contributed by atoms with E-state index in [9.17, 15) is 31.4 Å². The molecule has 3 rings (SSSR count). The predicted octanol–water partition coefficient (Wildman–Crippen LogP) is 3.30. The number of nitrogens with one attached hydrogen (secondary N) is 3. The summed E-state index contributed by atoms with van der Waals surface area (Å²) in [5, 5.41) is 30.4. The largest absolute Gasteiger partial charge is 0.573 e. The first-order chi connectivity index (χ1) is 14.3. The van der Waals surface area contributed by atoms with Gasteiger partial charge in [-0.15, -0.1) is 23.4 Å². The second-order valence-corrected chi connectivity index (χ2v) is 7.27. The highest BCUT2D eigenvalue weighted by Crippen LogP contribution is 2.36. The van der Waals surface area contributed by atoms with Gasteiger partial charge in [-0.05, 0) is 44.0 Å². The van der Waals surface area contributed by atoms with Gasteiger partial charge < -0.3 is 25.9 Å². The van der Waals surface area contributed by atoms with Gasteiger partial charge >= 0.3 is 12.5 Å². The molecule has 13 heteroatoms. The number of allylic oxidation sites excluding steroid dienone is 2. The molecule has 1 aromatic carbocycles. The summed E-state index contributed by atoms with van der Waals surface area (Å²) in [5.74, 6) is -0.997. The van der Waals surface area contributed by atoms with Crippen LogP contribution in [0.2, 0.25) is 0 Å². The van der Waals surface area contributed by atoms with Gasteiger partial charge in [0.15, 0.2) is 0 Å². The van der Waals surface area contributed by atoms with E-state index in [1.54, 1.807) is 6.92 Å². The Balaban J connectivity index is 1.98. The fourth-order valence-corrected chi connectivity index (χ4v) is 3.23. The van der Waals surface area contributed by atoms with E-state index in [1.165, 1.54) is 0 Å². The molecule has 0 amide bonds. The molecule has 1 fully saturated rings. The lowest BCUT2D eigenvalue weighted by Crippen LogP contribution is -2.56. The molecule has 1 aromatic rings. The maximum absolute atomic E-state index is 13.0. The minimum absolute atomic E-state index is 0.0189. The molecule has 1 aliphatic carbocycles. The van der Waals surface area contributed by atoms with Gasteiger partial charge in [-0.25, -0.2) is 0 Å². The minimum atomic E-state index is -5.25. The molecule has 4 N–H and O–H groups in total. The molecule has 0 aromatic heterocycles. The molecule has 7 nitrogen and oxygen atoms in total. The summed E-state index contributed by atoms with van der Waals surface area (Å²) in [6.07, 6.45) is -7.30. The first-order valence-electron chi connectivity index (χ1n) is 8.87. The third kappa shape index (κ3) is 5.54. The summed E-state index contributed by atoms with van der Waals surface area (Å²) < 4.78 is 81.1. The fraction of sp³-hybridized carbons (Fsp3) is 0.389. The Morgan fingerprint density at radius 2 is 1.90 bits per heavy atom. The Hall–Kier alpha value is -3.09. The Morgan fingerprint density at radius 1 is 1.23 bits per heavy atom. The molecule has 1 saturated carbocycles. The first-order valence-corrected chi connectivity index (χ1v) is 8.87. The predicted molar refractivity (Wildman–Crippen MR) is 98.9 cm³/mol. The zero-order valence-corrected chi connectivity index (χ0v) is 15.9. The van der Waals surface area contributed by atoms with Crippen molar-refractivity contribution >= 4 is 17.9 Å². The first kappa shape index (κ1) is 22.6. The van der Waals surface area contributed by atoms with Crippen molar-refractivity contribution in [1.29, 1.82) is 5.41 Å². The molecule has 2 aliphatic rings. The number of ether oxygens (including phenoxy) is 1. The van der Waals surface area contributed by atoms with E-state index in [2.05, 4.69) is 25.6 Å². The number of hydrogen-bond donors (Lipinski definition) is 4. The van der Waals surface area contributed by atoms with Crippen LogP contribution >= 0.6 is 0 Å². The lowest BCUT2D eigenvalue weighted by molar-refractivity contribution is -0.274. The Labute approximate surface area is 172 Å². The van der Waals surface area contributed by atoms with Crippen molar-refractivity contribution in [2.45, 2.75) is 43.9 Å². The van der Waals surface area contributed by atoms with Crippen LogP contribution in [0.15, 0.2) is 40.2 Å². The van der Waals surface area contributed by atoms with E-state index in [-0.39, 0.29) is 29.5 Å². The van der Waals surface area contributed by atoms with Crippen LogP contribution in [0.4, 0.5) is 26.3 Å². The van der Waals surface area contributed by atoms with Gasteiger partial charge in [0, 0.05) is 17.8 Å². The average molecular weight is 449 g/mol. The minimum Gasteiger partial charge on any atom is -0.405 e. The van der Waals surface area contributed by atoms with Crippen molar-refractivity contribution < 1.29 is 36.2 Å². The van der Waals surface area contributed by atoms with Crippen LogP contribution in [-0.2, 0) is 6.18 Å². The van der Waals surface area contributed by atoms with Crippen LogP contribution in [0.25, 0.3) is 0 Å². The smallest absolute Gasteiger partial charge is 0.405 e. The number of benzene rings is 1. The average Bonchev–Trinajstić information content (AvgIpc) is 2.59. The quantitative estimate of drug-likeness (QED) is 0.419. The van der Waals surface area contributed by atoms with Crippen LogP contribution in [0, 0.1) is 5.41 Å². The van der Waals surface area contributed by atoms with Gasteiger partial charge in [0.25, 0.3) is 0 Å². The van der Waals surface area contributed by atoms with Crippen LogP contribution in [0.1, 0.15) is 30.9 Å². The molecule has 0 unspecified atom stereocenters. The van der Waals surface area contributed by atoms with E-state index in [1.807, 2.05) is 0 Å². The Morgan fingerprint density at radius 3 is 2.45 bits per heavy atom. The normalized spacial score (nSPS) is 25.2. The van der Waals surface area contributed by atoms with Gasteiger partial charge in [-0.3, -0.25) is 0 Å². The van der Waals surface area contributed by atoms with Crippen LogP contribution in [-0.4, -0.2) is 41.0 Å². The van der Waals surface area contributed by atoms with E-state index >= 15 is 0 Å². The maximum Gasteiger partial charge on any atom is 0.573 e. The molecule has 0 bridgehead atoms. The molecular weight excluding hydrogens is 432 g/mol. The van der Waals surface area contributed by atoms with Crippen molar-refractivity contribution in [3.63, 3.8) is 0 Å². The molecule has 0 saturated heterocycles. The summed E-state index contributed by atoms with van der Waals surface area (Å²) in [4.78, 5) is 0. The highest BCUT2D eigenvalue weighted by Gasteiger charge is 2.40. The van der Waals surface area contributed by atoms with Gasteiger partial charge in [-0.1, -0.05) is 0 Å². The SMILES string of the molecule is CC1(O)CC(NC2=NN=C(c3ccc(C(F)(F)F)cc3OC(F)(F)F)/C(=C/C=N)N2)C1. The lowest BCUT2D eigenvalue weighted by Gasteiger charge is -2.41. The second-order valence-electron chi connectivity index (χ2n) is 7.27. The zero-order valence-electron chi connectivity index (χ0n) is 15.9. The number of aliphatic hydroxyl groups is 1. The number of hydrogen-bond acceptors (Lipinski definition) is 7. The van der Waals surface area contributed by atoms with Crippen molar-refractivity contribution in [3.8, 4) is 5.75 Å². The molecule has 31 heavy (non-hydrogen) atoms. The summed E-state index contributed by atoms with van der Waals surface area (Å²) in [6, 6.07) is 1.48. The van der Waals surface area contributed by atoms with Crippen molar-refractivity contribution in [2.24, 2.45) is 10.2 Å². The number of nitrogens with zero attached hydrogens (tertiary/aromatic N) is 2. The second kappa shape index (κ2) is 7.87. The van der Waals surface area contributed by atoms with E-state index < -0.39 is 35.0 Å². The summed E-state index contributed by atoms with van der Waals surface area (Å²) >= 11 is 0. The molecule has 1 aliphatic heterocycles. The van der Waals surface area contributed by atoms with Crippen LogP contribution in [0.3, 0.4) is 0 Å². The molecular formula is C18H17F6N5O2. The monoisotopic (exact) mass is 449 g/mol. The third-order valence-electron chi connectivity index (χ3n) is 4.51. The number of halogens is 6. The highest BCUT2D eigenvalue weighted by atomic mass is 19.4. The Kier molecular flexibility index (Phi) is 5.74. The lowest BCUT2D eigenvalue weighted by atomic mass is 9.77. The van der Waals surface area contributed by atoms with E-state index in [4.69, 9.17) is 5.41 Å². The molecule has 168 valence electrons. The number of alkyl halides is 6. The maximum atomic E-state index is 13.0. The molecule has 0 radical (unpaired) electrons. The zero-order chi connectivity index (χ0) is 23.0. The third-order valence-corrected chi connectivity index (χ3v) is 4.51. The topological polar surface area (TPSA) is 102 Å². The summed E-state index contributed by atoms with van der Waals surface area (Å²) in [5.41, 5.74) is -2.78. The van der Waals surface area contributed by atoms with Gasteiger partial charge in [0.2, 0.25) is 5.96 Å². The van der Waals surface area contributed by atoms with Crippen molar-refractivity contribution in [2.75, 3.05) is 0 Å². The number of guanidine groups is 1. The van der Waals surface area contributed by atoms with Crippen LogP contribution < -0.4 is 15.4 Å². The van der Waals surface area contributed by atoms with Gasteiger partial charge in [-0.2, -0.15) is 13.2 Å². The summed E-state index contributed by atoms with van der Waals surface area (Å²) in [7, 11) is 0. The molecule has 1 heterocycles. The van der Waals surface area contributed by atoms with E-state index in [0.717, 1.165) is 18.4 Å². The fourth-order valence-electron chi connectivity index (χ4n) is 3.23. The summed E-state index contributed by atoms with van der Waals surface area (Å²) in [6.45, 7) is 1.66. The van der Waals surface area contributed by atoms with E-state index in [0.29, 0.717) is 18.9 Å². The van der Waals surface area contributed by atoms with Gasteiger partial charge in [0.05, 0.1) is 16.9 Å². The van der Waals surface area contributed by atoms with Crippen molar-refractivity contribution in [3.05, 3.63) is 41.1 Å². The van der Waals surface area contributed by atoms with Crippen molar-refractivity contribution in [1.82, 2.24) is 10.6 Å². The standard InChI is InChI=1S/C18H17F6N5O2/c1-16(30)7-10(8-16)26-15-27-12(4-5-25)14(28-29-15)11-3-2-9(17(19,20)21)6-13(11)31-18(22,23)24/h2-6,10,25,30H,7-8H2,1H3,(H2,26,27,29)/b12-4-,25-5?. The molecule has 0 atom stereocenters. The molecule has 0 spiro atoms.